The van der Waals surface area contributed by atoms with E-state index in [1.165, 1.54) is 5.01 Å². The highest BCUT2D eigenvalue weighted by molar-refractivity contribution is 6.06. The molecule has 1 aliphatic rings. The summed E-state index contributed by atoms with van der Waals surface area (Å²) in [6.07, 6.45) is 0.383. The molecule has 68 valence electrons. The van der Waals surface area contributed by atoms with Gasteiger partial charge in [0, 0.05) is 6.54 Å². The lowest BCUT2D eigenvalue weighted by Gasteiger charge is -2.27. The van der Waals surface area contributed by atoms with Gasteiger partial charge in [-0.25, -0.2) is 5.01 Å². The largest absolute Gasteiger partial charge is 0.325 e. The van der Waals surface area contributed by atoms with Gasteiger partial charge in [-0.3, -0.25) is 4.79 Å². The number of hydrogen-bond acceptors (Lipinski definition) is 3. The topological polar surface area (TPSA) is 58.7 Å². The Morgan fingerprint density at radius 2 is 2.17 bits per heavy atom. The Kier molecular flexibility index (Phi) is 2.19. The lowest BCUT2D eigenvalue weighted by atomic mass is 10.1. The van der Waals surface area contributed by atoms with Crippen LogP contribution < -0.4 is 5.73 Å². The number of nitrogens with two attached hydrogens (primary N) is 1. The summed E-state index contributed by atoms with van der Waals surface area (Å²) in [4.78, 5) is 11.3. The van der Waals surface area contributed by atoms with E-state index in [-0.39, 0.29) is 11.4 Å². The van der Waals surface area contributed by atoms with E-state index in [1.807, 2.05) is 20.8 Å². The van der Waals surface area contributed by atoms with Crippen molar-refractivity contribution in [1.29, 1.82) is 0 Å². The van der Waals surface area contributed by atoms with Crippen LogP contribution in [0.4, 0.5) is 0 Å². The van der Waals surface area contributed by atoms with E-state index in [0.29, 0.717) is 13.0 Å². The van der Waals surface area contributed by atoms with Gasteiger partial charge in [-0.05, 0) is 20.8 Å². The minimum absolute atomic E-state index is 0.0444. The lowest BCUT2D eigenvalue weighted by molar-refractivity contribution is -0.133. The molecule has 4 heteroatoms. The van der Waals surface area contributed by atoms with Crippen molar-refractivity contribution in [3.05, 3.63) is 0 Å². The van der Waals surface area contributed by atoms with Crippen molar-refractivity contribution in [2.75, 3.05) is 6.54 Å². The fourth-order valence-corrected chi connectivity index (χ4v) is 1.12. The molecule has 0 radical (unpaired) electrons. The maximum Gasteiger partial charge on any atom is 0.248 e. The molecule has 0 unspecified atom stereocenters. The quantitative estimate of drug-likeness (QED) is 0.615. The molecule has 1 rings (SSSR count). The Bertz CT molecular complexity index is 227. The Labute approximate surface area is 72.4 Å². The summed E-state index contributed by atoms with van der Waals surface area (Å²) >= 11 is 0. The summed E-state index contributed by atoms with van der Waals surface area (Å²) < 4.78 is 0. The standard InChI is InChI=1S/C8H15N3O/c1-8(2,3)11-7(12)4-6(5-9)10-11/h4-5,9H2,1-3H3. The van der Waals surface area contributed by atoms with E-state index in [4.69, 9.17) is 5.73 Å². The summed E-state index contributed by atoms with van der Waals surface area (Å²) in [5, 5.41) is 5.64. The van der Waals surface area contributed by atoms with Crippen LogP contribution in [0.1, 0.15) is 27.2 Å². The van der Waals surface area contributed by atoms with Gasteiger partial charge < -0.3 is 5.73 Å². The van der Waals surface area contributed by atoms with Gasteiger partial charge in [0.15, 0.2) is 0 Å². The molecule has 0 aliphatic carbocycles. The van der Waals surface area contributed by atoms with Gasteiger partial charge in [-0.1, -0.05) is 0 Å². The van der Waals surface area contributed by atoms with Gasteiger partial charge in [0.1, 0.15) is 0 Å². The summed E-state index contributed by atoms with van der Waals surface area (Å²) in [7, 11) is 0. The molecule has 1 aliphatic heterocycles. The second-order valence-corrected chi connectivity index (χ2v) is 3.92. The fourth-order valence-electron chi connectivity index (χ4n) is 1.12. The Hall–Kier alpha value is -0.900. The van der Waals surface area contributed by atoms with Gasteiger partial charge in [-0.2, -0.15) is 5.10 Å². The molecule has 0 fully saturated rings. The molecule has 1 heterocycles. The first-order valence-corrected chi connectivity index (χ1v) is 4.04. The number of amides is 1. The monoisotopic (exact) mass is 169 g/mol. The van der Waals surface area contributed by atoms with Crippen LogP contribution in [0.25, 0.3) is 0 Å². The van der Waals surface area contributed by atoms with Crippen LogP contribution in [0.2, 0.25) is 0 Å². The third-order valence-corrected chi connectivity index (χ3v) is 1.70. The van der Waals surface area contributed by atoms with Crippen molar-refractivity contribution in [1.82, 2.24) is 5.01 Å². The third-order valence-electron chi connectivity index (χ3n) is 1.70. The predicted octanol–water partition coefficient (Wildman–Crippen LogP) is 0.332. The number of nitrogens with zero attached hydrogens (tertiary/aromatic N) is 2. The van der Waals surface area contributed by atoms with Gasteiger partial charge in [0.25, 0.3) is 0 Å². The number of rotatable bonds is 1. The molecule has 4 nitrogen and oxygen atoms in total. The Balaban J connectivity index is 2.80. The van der Waals surface area contributed by atoms with Crippen molar-refractivity contribution >= 4 is 11.6 Å². The molecular weight excluding hydrogens is 154 g/mol. The van der Waals surface area contributed by atoms with E-state index >= 15 is 0 Å². The average molecular weight is 169 g/mol. The Morgan fingerprint density at radius 1 is 1.58 bits per heavy atom. The number of hydrazone groups is 1. The molecule has 2 N–H and O–H groups in total. The molecule has 0 aromatic rings. The summed E-state index contributed by atoms with van der Waals surface area (Å²) in [5.74, 6) is 0.0444. The van der Waals surface area contributed by atoms with E-state index in [1.54, 1.807) is 0 Å². The smallest absolute Gasteiger partial charge is 0.248 e. The number of carbonyl (C=O) groups is 1. The first kappa shape index (κ1) is 9.19. The molecule has 0 saturated carbocycles. The van der Waals surface area contributed by atoms with Gasteiger partial charge >= 0.3 is 0 Å². The van der Waals surface area contributed by atoms with E-state index in [0.717, 1.165) is 5.71 Å². The van der Waals surface area contributed by atoms with E-state index in [9.17, 15) is 4.79 Å². The fraction of sp³-hybridized carbons (Fsp3) is 0.750. The maximum atomic E-state index is 11.3. The first-order valence-electron chi connectivity index (χ1n) is 4.04. The second kappa shape index (κ2) is 2.86. The van der Waals surface area contributed by atoms with Crippen LogP contribution in [0, 0.1) is 0 Å². The molecule has 0 bridgehead atoms. The van der Waals surface area contributed by atoms with Gasteiger partial charge in [0.05, 0.1) is 17.7 Å². The van der Waals surface area contributed by atoms with Crippen LogP contribution in [0.3, 0.4) is 0 Å². The third kappa shape index (κ3) is 1.64. The molecule has 12 heavy (non-hydrogen) atoms. The Morgan fingerprint density at radius 3 is 2.42 bits per heavy atom. The zero-order valence-electron chi connectivity index (χ0n) is 7.79. The minimum Gasteiger partial charge on any atom is -0.325 e. The highest BCUT2D eigenvalue weighted by atomic mass is 16.2. The van der Waals surface area contributed by atoms with E-state index < -0.39 is 0 Å². The second-order valence-electron chi connectivity index (χ2n) is 3.92. The molecule has 1 amide bonds. The van der Waals surface area contributed by atoms with Crippen LogP contribution >= 0.6 is 0 Å². The molecule has 0 spiro atoms. The van der Waals surface area contributed by atoms with Crippen LogP contribution in [-0.2, 0) is 4.79 Å². The van der Waals surface area contributed by atoms with Crippen molar-refractivity contribution in [3.8, 4) is 0 Å². The van der Waals surface area contributed by atoms with Crippen molar-refractivity contribution < 1.29 is 4.79 Å². The zero-order valence-corrected chi connectivity index (χ0v) is 7.79. The van der Waals surface area contributed by atoms with Crippen LogP contribution in [-0.4, -0.2) is 28.7 Å². The van der Waals surface area contributed by atoms with E-state index in [2.05, 4.69) is 5.10 Å². The number of hydrogen-bond donors (Lipinski definition) is 1. The summed E-state index contributed by atoms with van der Waals surface area (Å²) in [6, 6.07) is 0. The zero-order chi connectivity index (χ0) is 9.35. The van der Waals surface area contributed by atoms with Crippen LogP contribution in [0.5, 0.6) is 0 Å². The van der Waals surface area contributed by atoms with Crippen molar-refractivity contribution in [2.24, 2.45) is 10.8 Å². The average Bonchev–Trinajstić information content (AvgIpc) is 2.29. The predicted molar refractivity (Wildman–Crippen MR) is 47.7 cm³/mol. The van der Waals surface area contributed by atoms with Gasteiger partial charge in [0.2, 0.25) is 5.91 Å². The molecule has 0 aromatic carbocycles. The maximum absolute atomic E-state index is 11.3. The minimum atomic E-state index is -0.228. The molecular formula is C8H15N3O. The summed E-state index contributed by atoms with van der Waals surface area (Å²) in [6.45, 7) is 6.23. The highest BCUT2D eigenvalue weighted by Crippen LogP contribution is 2.19. The van der Waals surface area contributed by atoms with Crippen LogP contribution in [0.15, 0.2) is 5.10 Å². The number of carbonyl (C=O) groups excluding carboxylic acids is 1. The lowest BCUT2D eigenvalue weighted by Crippen LogP contribution is -2.38. The van der Waals surface area contributed by atoms with Crippen molar-refractivity contribution in [3.63, 3.8) is 0 Å². The first-order chi connectivity index (χ1) is 5.45. The molecule has 0 saturated heterocycles. The summed E-state index contributed by atoms with van der Waals surface area (Å²) in [5.41, 5.74) is 5.94. The van der Waals surface area contributed by atoms with Gasteiger partial charge in [-0.15, -0.1) is 0 Å². The molecule has 0 aromatic heterocycles. The van der Waals surface area contributed by atoms with Crippen molar-refractivity contribution in [2.45, 2.75) is 32.7 Å². The normalized spacial score (nSPS) is 18.5. The highest BCUT2D eigenvalue weighted by Gasteiger charge is 2.31. The molecule has 0 atom stereocenters. The SMILES string of the molecule is CC(C)(C)N1N=C(CN)CC1=O.